The van der Waals surface area contributed by atoms with E-state index in [1.807, 2.05) is 0 Å². The summed E-state index contributed by atoms with van der Waals surface area (Å²) < 4.78 is 29.3. The van der Waals surface area contributed by atoms with E-state index in [1.54, 1.807) is 36.4 Å². The summed E-state index contributed by atoms with van der Waals surface area (Å²) in [6.07, 6.45) is 1.28. The van der Waals surface area contributed by atoms with Gasteiger partial charge in [-0.2, -0.15) is 8.42 Å². The average Bonchev–Trinajstić information content (AvgIpc) is 3.07. The van der Waals surface area contributed by atoms with Crippen LogP contribution in [-0.4, -0.2) is 55.3 Å². The molecule has 0 aliphatic carbocycles. The highest BCUT2D eigenvalue weighted by Crippen LogP contribution is 2.34. The van der Waals surface area contributed by atoms with Crippen molar-refractivity contribution < 1.29 is 31.8 Å². The van der Waals surface area contributed by atoms with Gasteiger partial charge < -0.3 is 0 Å². The number of amides is 4. The molecule has 1 N–H and O–H groups in total. The molecule has 0 bridgehead atoms. The number of hydrogen-bond donors (Lipinski definition) is 1. The maximum Gasteiger partial charge on any atom is 0.296 e. The molecule has 0 saturated carbocycles. The second-order valence-electron chi connectivity index (χ2n) is 7.77. The van der Waals surface area contributed by atoms with Crippen LogP contribution in [0.1, 0.15) is 46.4 Å². The zero-order valence-corrected chi connectivity index (χ0v) is 19.7. The van der Waals surface area contributed by atoms with Gasteiger partial charge in [0.25, 0.3) is 21.9 Å². The molecular weight excluding hydrogens is 480 g/mol. The Morgan fingerprint density at radius 2 is 1.74 bits per heavy atom. The summed E-state index contributed by atoms with van der Waals surface area (Å²) in [6.45, 7) is 0.0331. The Morgan fingerprint density at radius 1 is 0.971 bits per heavy atom. The third-order valence-electron chi connectivity index (χ3n) is 5.50. The highest BCUT2D eigenvalue weighted by atomic mass is 32.2. The van der Waals surface area contributed by atoms with E-state index < -0.39 is 39.8 Å². The van der Waals surface area contributed by atoms with Crippen molar-refractivity contribution in [1.82, 2.24) is 10.2 Å². The lowest BCUT2D eigenvalue weighted by Gasteiger charge is -2.27. The number of nitrogens with zero attached hydrogens (tertiary/aromatic N) is 1. The normalized spacial score (nSPS) is 18.2. The van der Waals surface area contributed by atoms with Crippen molar-refractivity contribution in [3.8, 4) is 0 Å². The van der Waals surface area contributed by atoms with Gasteiger partial charge in [0.05, 0.1) is 22.6 Å². The van der Waals surface area contributed by atoms with E-state index in [4.69, 9.17) is 4.18 Å². The van der Waals surface area contributed by atoms with Crippen molar-refractivity contribution >= 4 is 45.5 Å². The van der Waals surface area contributed by atoms with Crippen LogP contribution in [0.3, 0.4) is 0 Å². The molecule has 4 rings (SSSR count). The summed E-state index contributed by atoms with van der Waals surface area (Å²) in [7, 11) is -3.79. The number of imide groups is 2. The second-order valence-corrected chi connectivity index (χ2v) is 10.5. The summed E-state index contributed by atoms with van der Waals surface area (Å²) in [6, 6.07) is 11.9. The van der Waals surface area contributed by atoms with Gasteiger partial charge in [-0.05, 0) is 49.3 Å². The van der Waals surface area contributed by atoms with E-state index in [1.165, 1.54) is 23.9 Å². The molecule has 11 heteroatoms. The summed E-state index contributed by atoms with van der Waals surface area (Å²) in [5, 5.41) is 2.18. The Kier molecular flexibility index (Phi) is 7.15. The number of piperidine rings is 1. The molecule has 2 aromatic carbocycles. The number of benzene rings is 2. The van der Waals surface area contributed by atoms with Crippen LogP contribution in [0.4, 0.5) is 0 Å². The first-order valence-electron chi connectivity index (χ1n) is 10.7. The van der Waals surface area contributed by atoms with Crippen molar-refractivity contribution in [3.05, 3.63) is 59.7 Å². The van der Waals surface area contributed by atoms with Crippen molar-refractivity contribution in [1.29, 1.82) is 0 Å². The first-order chi connectivity index (χ1) is 16.3. The Balaban J connectivity index is 1.33. The van der Waals surface area contributed by atoms with Crippen LogP contribution < -0.4 is 5.32 Å². The van der Waals surface area contributed by atoms with E-state index in [0.717, 1.165) is 4.90 Å². The van der Waals surface area contributed by atoms with Crippen LogP contribution in [0.25, 0.3) is 0 Å². The summed E-state index contributed by atoms with van der Waals surface area (Å²) in [4.78, 5) is 51.2. The minimum Gasteiger partial charge on any atom is -0.295 e. The predicted octanol–water partition coefficient (Wildman–Crippen LogP) is 2.37. The molecule has 2 aliphatic heterocycles. The van der Waals surface area contributed by atoms with Gasteiger partial charge in [0.2, 0.25) is 11.8 Å². The Hall–Kier alpha value is -3.02. The number of fused-ring (bicyclic) bond motifs is 1. The molecule has 2 aliphatic rings. The quantitative estimate of drug-likeness (QED) is 0.240. The summed E-state index contributed by atoms with van der Waals surface area (Å²) in [5.41, 5.74) is 0.488. The molecular formula is C23H22N2O7S2. The Morgan fingerprint density at radius 3 is 2.47 bits per heavy atom. The van der Waals surface area contributed by atoms with Gasteiger partial charge in [0.15, 0.2) is 0 Å². The first-order valence-corrected chi connectivity index (χ1v) is 13.1. The van der Waals surface area contributed by atoms with Gasteiger partial charge in [-0.3, -0.25) is 33.6 Å². The molecule has 1 unspecified atom stereocenters. The summed E-state index contributed by atoms with van der Waals surface area (Å²) in [5.74, 6) is -1.59. The Bertz CT molecular complexity index is 1250. The van der Waals surface area contributed by atoms with E-state index >= 15 is 0 Å². The first kappa shape index (κ1) is 24.1. The molecule has 1 saturated heterocycles. The number of rotatable bonds is 9. The molecule has 1 fully saturated rings. The number of thioether (sulfide) groups is 1. The SMILES string of the molecule is O=C1CCC(N2C(=O)c3cccc(SCCCCOS(=O)(=O)c4ccccc4)c3C2=O)C(=O)N1. The average molecular weight is 503 g/mol. The van der Waals surface area contributed by atoms with Crippen LogP contribution in [0, 0.1) is 0 Å². The molecule has 34 heavy (non-hydrogen) atoms. The number of carbonyl (C=O) groups excluding carboxylic acids is 4. The van der Waals surface area contributed by atoms with Crippen molar-refractivity contribution in [3.63, 3.8) is 0 Å². The number of unbranched alkanes of at least 4 members (excludes halogenated alkanes) is 1. The lowest BCUT2D eigenvalue weighted by atomic mass is 10.0. The van der Waals surface area contributed by atoms with Gasteiger partial charge in [-0.1, -0.05) is 24.3 Å². The molecule has 0 spiro atoms. The third-order valence-corrected chi connectivity index (χ3v) is 7.97. The monoisotopic (exact) mass is 502 g/mol. The van der Waals surface area contributed by atoms with E-state index in [2.05, 4.69) is 5.32 Å². The largest absolute Gasteiger partial charge is 0.296 e. The van der Waals surface area contributed by atoms with Gasteiger partial charge in [-0.25, -0.2) is 0 Å². The zero-order valence-electron chi connectivity index (χ0n) is 18.1. The van der Waals surface area contributed by atoms with Crippen LogP contribution in [0.5, 0.6) is 0 Å². The lowest BCUT2D eigenvalue weighted by molar-refractivity contribution is -0.136. The maximum absolute atomic E-state index is 13.1. The minimum atomic E-state index is -3.79. The third kappa shape index (κ3) is 4.91. The topological polar surface area (TPSA) is 127 Å². The fourth-order valence-corrected chi connectivity index (χ4v) is 5.86. The van der Waals surface area contributed by atoms with E-state index in [9.17, 15) is 27.6 Å². The molecule has 178 valence electrons. The van der Waals surface area contributed by atoms with E-state index in [0.29, 0.717) is 23.5 Å². The van der Waals surface area contributed by atoms with Crippen molar-refractivity contribution in [2.45, 2.75) is 41.5 Å². The highest BCUT2D eigenvalue weighted by Gasteiger charge is 2.45. The van der Waals surface area contributed by atoms with Crippen LogP contribution in [-0.2, 0) is 23.9 Å². The second kappa shape index (κ2) is 10.1. The fourth-order valence-electron chi connectivity index (χ4n) is 3.81. The molecule has 9 nitrogen and oxygen atoms in total. The molecule has 4 amide bonds. The van der Waals surface area contributed by atoms with Crippen molar-refractivity contribution in [2.24, 2.45) is 0 Å². The molecule has 2 aromatic rings. The van der Waals surface area contributed by atoms with Crippen molar-refractivity contribution in [2.75, 3.05) is 12.4 Å². The molecule has 1 atom stereocenters. The van der Waals surface area contributed by atoms with Crippen LogP contribution in [0.15, 0.2) is 58.3 Å². The number of nitrogens with one attached hydrogen (secondary N) is 1. The predicted molar refractivity (Wildman–Crippen MR) is 123 cm³/mol. The number of carbonyl (C=O) groups is 4. The fraction of sp³-hybridized carbons (Fsp3) is 0.304. The van der Waals surface area contributed by atoms with Crippen LogP contribution in [0.2, 0.25) is 0 Å². The summed E-state index contributed by atoms with van der Waals surface area (Å²) >= 11 is 1.38. The maximum atomic E-state index is 13.1. The highest BCUT2D eigenvalue weighted by molar-refractivity contribution is 7.99. The van der Waals surface area contributed by atoms with Gasteiger partial charge >= 0.3 is 0 Å². The minimum absolute atomic E-state index is 0.0331. The standard InChI is InChI=1S/C23H22N2O7S2/c26-19-12-11-17(21(27)24-19)25-22(28)16-9-6-10-18(20(16)23(25)29)33-14-5-4-13-32-34(30,31)15-7-2-1-3-8-15/h1-3,6-10,17H,4-5,11-14H2,(H,24,26,27). The van der Waals surface area contributed by atoms with Gasteiger partial charge in [0, 0.05) is 11.3 Å². The Labute approximate surface area is 201 Å². The van der Waals surface area contributed by atoms with Gasteiger partial charge in [-0.15, -0.1) is 11.8 Å². The lowest BCUT2D eigenvalue weighted by Crippen LogP contribution is -2.54. The molecule has 0 radical (unpaired) electrons. The van der Waals surface area contributed by atoms with Gasteiger partial charge in [0.1, 0.15) is 6.04 Å². The van der Waals surface area contributed by atoms with E-state index in [-0.39, 0.29) is 35.5 Å². The molecule has 0 aromatic heterocycles. The molecule has 2 heterocycles. The van der Waals surface area contributed by atoms with Crippen LogP contribution >= 0.6 is 11.8 Å². The zero-order chi connectivity index (χ0) is 24.3. The number of hydrogen-bond acceptors (Lipinski definition) is 8. The smallest absolute Gasteiger partial charge is 0.295 e.